The number of fused-ring (bicyclic) bond motifs is 2. The van der Waals surface area contributed by atoms with E-state index in [0.29, 0.717) is 42.5 Å². The maximum absolute atomic E-state index is 13.2. The van der Waals surface area contributed by atoms with Crippen LogP contribution in [0.4, 0.5) is 5.69 Å². The first kappa shape index (κ1) is 20.2. The number of hydrogen-bond acceptors (Lipinski definition) is 6. The molecule has 2 aliphatic rings. The van der Waals surface area contributed by atoms with Crippen molar-refractivity contribution in [2.24, 2.45) is 0 Å². The second kappa shape index (κ2) is 7.60. The molecule has 3 atom stereocenters. The standard InChI is InChI=1S/C22H25N3O5/c1-4-29-18-11-10-14(12-19(18)30-5-2)15-13-24(3)22(20(15)25(27)28)16-8-6-7-9-17(16)23-21(22)26/h6-12,15,20H,4-5,13H2,1-3H3,(H,23,26)/t15-,20-,22+/m0/s1. The number of nitrogens with zero attached hydrogens (tertiary/aromatic N) is 2. The topological polar surface area (TPSA) is 93.9 Å². The molecule has 2 aromatic rings. The van der Waals surface area contributed by atoms with Crippen molar-refractivity contribution in [3.05, 3.63) is 63.7 Å². The van der Waals surface area contributed by atoms with Crippen molar-refractivity contribution in [2.75, 3.05) is 32.1 Å². The zero-order valence-electron chi connectivity index (χ0n) is 17.3. The molecule has 1 saturated heterocycles. The first-order valence-corrected chi connectivity index (χ1v) is 10.1. The quantitative estimate of drug-likeness (QED) is 0.580. The number of carbonyl (C=O) groups excluding carboxylic acids is 1. The number of hydrogen-bond donors (Lipinski definition) is 1. The summed E-state index contributed by atoms with van der Waals surface area (Å²) in [5.74, 6) is 0.313. The van der Waals surface area contributed by atoms with E-state index in [2.05, 4.69) is 5.32 Å². The van der Waals surface area contributed by atoms with E-state index in [9.17, 15) is 14.9 Å². The number of benzene rings is 2. The molecule has 8 nitrogen and oxygen atoms in total. The zero-order chi connectivity index (χ0) is 21.5. The highest BCUT2D eigenvalue weighted by Gasteiger charge is 2.68. The van der Waals surface area contributed by atoms with Gasteiger partial charge in [0.25, 0.3) is 11.9 Å². The van der Waals surface area contributed by atoms with Gasteiger partial charge in [0, 0.05) is 22.7 Å². The number of carbonyl (C=O) groups is 1. The summed E-state index contributed by atoms with van der Waals surface area (Å²) in [6.45, 7) is 5.07. The third-order valence-corrected chi connectivity index (χ3v) is 6.04. The lowest BCUT2D eigenvalue weighted by molar-refractivity contribution is -0.534. The van der Waals surface area contributed by atoms with Crippen LogP contribution in [-0.2, 0) is 10.3 Å². The van der Waals surface area contributed by atoms with E-state index < -0.39 is 17.5 Å². The van der Waals surface area contributed by atoms with Crippen LogP contribution in [0.5, 0.6) is 11.5 Å². The third-order valence-electron chi connectivity index (χ3n) is 6.04. The highest BCUT2D eigenvalue weighted by atomic mass is 16.6. The van der Waals surface area contributed by atoms with Crippen LogP contribution in [0.1, 0.15) is 30.9 Å². The molecular weight excluding hydrogens is 386 g/mol. The largest absolute Gasteiger partial charge is 0.490 e. The molecule has 158 valence electrons. The van der Waals surface area contributed by atoms with Crippen molar-refractivity contribution in [1.29, 1.82) is 0 Å². The molecule has 1 N–H and O–H groups in total. The number of anilines is 1. The first-order chi connectivity index (χ1) is 14.4. The molecule has 0 aliphatic carbocycles. The normalized spacial score (nSPS) is 25.2. The number of ether oxygens (including phenoxy) is 2. The van der Waals surface area contributed by atoms with Crippen molar-refractivity contribution in [1.82, 2.24) is 4.90 Å². The molecule has 0 saturated carbocycles. The predicted molar refractivity (Wildman–Crippen MR) is 112 cm³/mol. The highest BCUT2D eigenvalue weighted by molar-refractivity contribution is 6.06. The molecule has 30 heavy (non-hydrogen) atoms. The lowest BCUT2D eigenvalue weighted by Crippen LogP contribution is -2.54. The molecule has 8 heteroatoms. The van der Waals surface area contributed by atoms with Crippen LogP contribution in [0.15, 0.2) is 42.5 Å². The van der Waals surface area contributed by atoms with E-state index in [1.54, 1.807) is 31.3 Å². The smallest absolute Gasteiger partial charge is 0.256 e. The summed E-state index contributed by atoms with van der Waals surface area (Å²) in [6, 6.07) is 11.5. The van der Waals surface area contributed by atoms with Gasteiger partial charge < -0.3 is 14.8 Å². The average Bonchev–Trinajstić information content (AvgIpc) is 3.19. The molecule has 2 aromatic carbocycles. The fourth-order valence-corrected chi connectivity index (χ4v) is 4.88. The van der Waals surface area contributed by atoms with Gasteiger partial charge in [-0.25, -0.2) is 0 Å². The summed E-state index contributed by atoms with van der Waals surface area (Å²) >= 11 is 0. The van der Waals surface area contributed by atoms with Crippen LogP contribution in [0.25, 0.3) is 0 Å². The van der Waals surface area contributed by atoms with Crippen LogP contribution in [0.3, 0.4) is 0 Å². The van der Waals surface area contributed by atoms with Crippen LogP contribution in [-0.4, -0.2) is 48.6 Å². The molecular formula is C22H25N3O5. The van der Waals surface area contributed by atoms with Crippen molar-refractivity contribution in [3.63, 3.8) is 0 Å². The van der Waals surface area contributed by atoms with Gasteiger partial charge in [-0.3, -0.25) is 19.8 Å². The molecule has 4 rings (SSSR count). The first-order valence-electron chi connectivity index (χ1n) is 10.1. The Morgan fingerprint density at radius 2 is 1.87 bits per heavy atom. The Bertz CT molecular complexity index is 994. The third kappa shape index (κ3) is 2.82. The number of nitro groups is 1. The van der Waals surface area contributed by atoms with Crippen LogP contribution in [0.2, 0.25) is 0 Å². The Kier molecular flexibility index (Phi) is 5.11. The average molecular weight is 411 g/mol. The maximum Gasteiger partial charge on any atom is 0.256 e. The summed E-state index contributed by atoms with van der Waals surface area (Å²) in [5, 5.41) is 15.2. The number of likely N-dealkylation sites (tertiary alicyclic amines) is 1. The number of likely N-dealkylation sites (N-methyl/N-ethyl adjacent to an activating group) is 1. The van der Waals surface area contributed by atoms with E-state index >= 15 is 0 Å². The molecule has 0 bridgehead atoms. The number of para-hydroxylation sites is 1. The lowest BCUT2D eigenvalue weighted by atomic mass is 9.79. The lowest BCUT2D eigenvalue weighted by Gasteiger charge is -2.30. The monoisotopic (exact) mass is 411 g/mol. The predicted octanol–water partition coefficient (Wildman–Crippen LogP) is 3.01. The minimum atomic E-state index is -1.35. The molecule has 0 radical (unpaired) electrons. The minimum Gasteiger partial charge on any atom is -0.490 e. The highest BCUT2D eigenvalue weighted by Crippen LogP contribution is 2.52. The molecule has 2 aliphatic heterocycles. The summed E-state index contributed by atoms with van der Waals surface area (Å²) in [6.07, 6.45) is 0. The molecule has 0 unspecified atom stereocenters. The summed E-state index contributed by atoms with van der Waals surface area (Å²) in [7, 11) is 1.77. The second-order valence-electron chi connectivity index (χ2n) is 7.56. The van der Waals surface area contributed by atoms with Gasteiger partial charge in [0.2, 0.25) is 0 Å². The number of amides is 1. The van der Waals surface area contributed by atoms with Crippen molar-refractivity contribution >= 4 is 11.6 Å². The van der Waals surface area contributed by atoms with Gasteiger partial charge in [-0.05, 0) is 44.7 Å². The molecule has 0 aromatic heterocycles. The Labute approximate surface area is 174 Å². The summed E-state index contributed by atoms with van der Waals surface area (Å²) in [4.78, 5) is 27.0. The summed E-state index contributed by atoms with van der Waals surface area (Å²) < 4.78 is 11.3. The van der Waals surface area contributed by atoms with Gasteiger partial charge >= 0.3 is 0 Å². The number of rotatable bonds is 6. The Hall–Kier alpha value is -3.13. The van der Waals surface area contributed by atoms with Crippen molar-refractivity contribution in [2.45, 2.75) is 31.3 Å². The minimum absolute atomic E-state index is 0.313. The van der Waals surface area contributed by atoms with Gasteiger partial charge in [-0.1, -0.05) is 24.3 Å². The van der Waals surface area contributed by atoms with E-state index in [1.165, 1.54) is 0 Å². The maximum atomic E-state index is 13.2. The van der Waals surface area contributed by atoms with E-state index in [0.717, 1.165) is 5.56 Å². The molecule has 1 spiro atoms. The zero-order valence-corrected chi connectivity index (χ0v) is 17.3. The van der Waals surface area contributed by atoms with Crippen LogP contribution in [0, 0.1) is 10.1 Å². The molecule has 1 amide bonds. The van der Waals surface area contributed by atoms with Gasteiger partial charge in [-0.15, -0.1) is 0 Å². The van der Waals surface area contributed by atoms with Crippen molar-refractivity contribution < 1.29 is 19.2 Å². The van der Waals surface area contributed by atoms with Gasteiger partial charge in [0.1, 0.15) is 0 Å². The Morgan fingerprint density at radius 1 is 1.17 bits per heavy atom. The van der Waals surface area contributed by atoms with Crippen molar-refractivity contribution in [3.8, 4) is 11.5 Å². The fourth-order valence-electron chi connectivity index (χ4n) is 4.88. The van der Waals surface area contributed by atoms with E-state index in [-0.39, 0.29) is 10.8 Å². The molecule has 2 heterocycles. The van der Waals surface area contributed by atoms with E-state index in [4.69, 9.17) is 9.47 Å². The second-order valence-corrected chi connectivity index (χ2v) is 7.56. The molecule has 1 fully saturated rings. The van der Waals surface area contributed by atoms with Gasteiger partial charge in [0.05, 0.1) is 19.1 Å². The SMILES string of the molecule is CCOc1ccc([C@@H]2CN(C)[C@@]3(C(=O)Nc4ccccc43)[C@H]2[N+](=O)[O-])cc1OCC. The Balaban J connectivity index is 1.83. The summed E-state index contributed by atoms with van der Waals surface area (Å²) in [5.41, 5.74) is 0.681. The van der Waals surface area contributed by atoms with Gasteiger partial charge in [0.15, 0.2) is 17.0 Å². The van der Waals surface area contributed by atoms with E-state index in [1.807, 2.05) is 36.9 Å². The Morgan fingerprint density at radius 3 is 2.57 bits per heavy atom. The van der Waals surface area contributed by atoms with Crippen LogP contribution >= 0.6 is 0 Å². The fraction of sp³-hybridized carbons (Fsp3) is 0.409. The van der Waals surface area contributed by atoms with Crippen LogP contribution < -0.4 is 14.8 Å². The van der Waals surface area contributed by atoms with Gasteiger partial charge in [-0.2, -0.15) is 0 Å². The number of nitrogens with one attached hydrogen (secondary N) is 1.